The van der Waals surface area contributed by atoms with Crippen LogP contribution in [-0.2, 0) is 19.6 Å². The highest BCUT2D eigenvalue weighted by Crippen LogP contribution is 2.35. The number of rotatable bonds is 20. The summed E-state index contributed by atoms with van der Waals surface area (Å²) in [6.07, 6.45) is -2.76. The molecule has 0 spiro atoms. The summed E-state index contributed by atoms with van der Waals surface area (Å²) < 4.78 is 140. The number of hydrogen-bond acceptors (Lipinski definition) is 24. The van der Waals surface area contributed by atoms with Crippen molar-refractivity contribution < 1.29 is 73.1 Å². The van der Waals surface area contributed by atoms with Crippen LogP contribution in [0.5, 0.6) is 0 Å². The number of benzene rings is 3. The first-order valence-electron chi connectivity index (χ1n) is 28.1. The van der Waals surface area contributed by atoms with Gasteiger partial charge in [0, 0.05) is 34.9 Å². The molecule has 0 saturated carbocycles. The Morgan fingerprint density at radius 3 is 1.18 bits per heavy atom. The predicted octanol–water partition coefficient (Wildman–Crippen LogP) is 11.0. The van der Waals surface area contributed by atoms with Gasteiger partial charge in [-0.2, -0.15) is 41.6 Å². The van der Waals surface area contributed by atoms with Gasteiger partial charge in [0.05, 0.1) is 71.5 Å². The van der Waals surface area contributed by atoms with Gasteiger partial charge in [-0.15, -0.1) is 0 Å². The maximum atomic E-state index is 14.2. The summed E-state index contributed by atoms with van der Waals surface area (Å²) >= 11 is 5.87. The number of alkyl halides is 6. The number of nitrogen functional groups attached to an aromatic ring is 1. The van der Waals surface area contributed by atoms with Crippen molar-refractivity contribution in [2.45, 2.75) is 57.0 Å². The molecule has 0 amide bonds. The summed E-state index contributed by atoms with van der Waals surface area (Å²) in [6, 6.07) is 27.9. The lowest BCUT2D eigenvalue weighted by Crippen LogP contribution is -2.47. The molecule has 0 saturated heterocycles. The summed E-state index contributed by atoms with van der Waals surface area (Å²) in [6.45, 7) is -0.696. The Kier molecular flexibility index (Phi) is 20.0. The van der Waals surface area contributed by atoms with Crippen molar-refractivity contribution in [3.05, 3.63) is 206 Å². The van der Waals surface area contributed by atoms with E-state index in [2.05, 4.69) is 71.3 Å². The SMILES string of the molecule is CC(O)(CNc1nc(-c2cc(-c3ccon3)n(Cc3ccccc3F)n2)ncc1N)C(F)(F)F.CC(O)(CNc1nc(-c2cc(-c3ccon3)n(Cc3ccccc3F)n2)ncc1[N+](=O)[O-])C(F)(F)F.O=[N+]([O-])c1cnc(-c2cc(-c3ccon3)n(Cc3ccccc3F)n2)nc1Cl. The maximum absolute atomic E-state index is 14.2. The fraction of sp³-hybridized carbons (Fsp3) is 0.186. The molecule has 12 aromatic rings. The monoisotopic (exact) mass is 1380 g/mol. The number of aromatic nitrogens is 15. The summed E-state index contributed by atoms with van der Waals surface area (Å²) in [5, 5.41) is 70.7. The molecule has 0 radical (unpaired) electrons. The van der Waals surface area contributed by atoms with Gasteiger partial charge in [-0.05, 0) is 50.2 Å². The van der Waals surface area contributed by atoms with E-state index in [1.807, 2.05) is 0 Å². The largest absolute Gasteiger partial charge is 0.418 e. The molecule has 98 heavy (non-hydrogen) atoms. The highest BCUT2D eigenvalue weighted by Gasteiger charge is 2.51. The molecule has 2 atom stereocenters. The molecule has 39 heteroatoms. The number of nitrogens with one attached hydrogen (secondary N) is 2. The summed E-state index contributed by atoms with van der Waals surface area (Å²) in [7, 11) is 0. The molecule has 9 heterocycles. The average molecular weight is 1390 g/mol. The predicted molar refractivity (Wildman–Crippen MR) is 326 cm³/mol. The lowest BCUT2D eigenvalue weighted by molar-refractivity contribution is -0.385. The van der Waals surface area contributed by atoms with Gasteiger partial charge in [0.1, 0.15) is 82.8 Å². The quantitative estimate of drug-likeness (QED) is 0.0205. The van der Waals surface area contributed by atoms with E-state index >= 15 is 0 Å². The zero-order chi connectivity index (χ0) is 70.3. The van der Waals surface area contributed by atoms with Gasteiger partial charge in [0.2, 0.25) is 11.0 Å². The zero-order valence-corrected chi connectivity index (χ0v) is 50.9. The second-order valence-corrected chi connectivity index (χ2v) is 21.6. The fourth-order valence-corrected chi connectivity index (χ4v) is 8.89. The average Bonchev–Trinajstić information content (AvgIpc) is 1.66. The molecule has 0 fully saturated rings. The lowest BCUT2D eigenvalue weighted by atomic mass is 10.1. The van der Waals surface area contributed by atoms with Crippen molar-refractivity contribution >= 4 is 40.3 Å². The number of aliphatic hydroxyl groups is 2. The van der Waals surface area contributed by atoms with Crippen molar-refractivity contribution in [1.82, 2.24) is 74.7 Å². The van der Waals surface area contributed by atoms with Gasteiger partial charge in [0.25, 0.3) is 0 Å². The van der Waals surface area contributed by atoms with E-state index in [9.17, 15) is 70.0 Å². The Balaban J connectivity index is 0.000000161. The minimum absolute atomic E-state index is 0.0239. The van der Waals surface area contributed by atoms with Crippen LogP contribution in [-0.4, -0.2) is 131 Å². The highest BCUT2D eigenvalue weighted by molar-refractivity contribution is 6.31. The molecule has 0 aliphatic heterocycles. The van der Waals surface area contributed by atoms with Crippen LogP contribution < -0.4 is 16.4 Å². The normalized spacial score (nSPS) is 12.8. The Labute approximate surface area is 547 Å². The van der Waals surface area contributed by atoms with Gasteiger partial charge in [-0.3, -0.25) is 34.3 Å². The molecule has 6 N–H and O–H groups in total. The first kappa shape index (κ1) is 68.8. The molecule has 12 rings (SSSR count). The standard InChI is InChI=1S/C21H17F4N7O4.C21H19F4N7O2.C17H10ClFN6O3/c1-20(33,21(23,24)25)11-27-19-17(32(34)35)9-26-18(28-19)15-8-16(14-6-7-36-30-14)31(29-15)10-12-4-2-3-5-13(12)22;1-20(33,21(23,24)25)11-28-18-14(26)9-27-19(29-18)16-8-17(15-6-7-34-31-15)32(30-16)10-12-4-2-3-5-13(12)22;18-16-15(25(26)27)8-20-17(21-16)13-7-14(12-5-6-28-23-12)24(22-13)9-10-3-1-2-4-11(10)19/h2-9,33H,10-11H2,1H3,(H,26,27,28);2-9,33H,10-11,26H2,1H3,(H,27,28,29);1-8H,9H2. The number of anilines is 3. The number of halogens is 10. The van der Waals surface area contributed by atoms with E-state index in [1.165, 1.54) is 75.4 Å². The van der Waals surface area contributed by atoms with Crippen molar-refractivity contribution in [3.63, 3.8) is 0 Å². The minimum Gasteiger partial charge on any atom is -0.394 e. The molecule has 2 unspecified atom stereocenters. The third kappa shape index (κ3) is 15.8. The van der Waals surface area contributed by atoms with Gasteiger partial charge in [-0.1, -0.05) is 81.7 Å². The van der Waals surface area contributed by atoms with Crippen LogP contribution in [0.25, 0.3) is 68.7 Å². The highest BCUT2D eigenvalue weighted by atomic mass is 35.5. The number of hydrogen-bond donors (Lipinski definition) is 5. The van der Waals surface area contributed by atoms with E-state index in [-0.39, 0.29) is 71.0 Å². The first-order valence-corrected chi connectivity index (χ1v) is 28.5. The smallest absolute Gasteiger partial charge is 0.394 e. The Hall–Kier alpha value is -12.1. The summed E-state index contributed by atoms with van der Waals surface area (Å²) in [5.41, 5.74) is 2.78. The van der Waals surface area contributed by atoms with Crippen LogP contribution in [0.4, 0.5) is 68.2 Å². The van der Waals surface area contributed by atoms with Crippen molar-refractivity contribution in [1.29, 1.82) is 0 Å². The number of nitrogens with two attached hydrogens (primary N) is 1. The van der Waals surface area contributed by atoms with E-state index in [0.717, 1.165) is 12.4 Å². The summed E-state index contributed by atoms with van der Waals surface area (Å²) in [4.78, 5) is 44.8. The second kappa shape index (κ2) is 28.5. The molecule has 3 aromatic carbocycles. The van der Waals surface area contributed by atoms with Crippen molar-refractivity contribution in [2.24, 2.45) is 0 Å². The topological polar surface area (TPSA) is 386 Å². The van der Waals surface area contributed by atoms with Crippen molar-refractivity contribution in [3.8, 4) is 68.7 Å². The minimum atomic E-state index is -5.00. The van der Waals surface area contributed by atoms with Crippen LogP contribution in [0.3, 0.4) is 0 Å². The van der Waals surface area contributed by atoms with E-state index < -0.39 is 75.3 Å². The Bertz CT molecular complexity index is 4780. The molecule has 0 aliphatic rings. The maximum Gasteiger partial charge on any atom is 0.418 e. The first-order chi connectivity index (χ1) is 46.5. The third-order valence-corrected chi connectivity index (χ3v) is 14.4. The second-order valence-electron chi connectivity index (χ2n) is 21.2. The van der Waals surface area contributed by atoms with Gasteiger partial charge in [-0.25, -0.2) is 43.1 Å². The molecular weight excluding hydrogens is 1340 g/mol. The molecule has 0 aliphatic carbocycles. The Morgan fingerprint density at radius 2 is 0.847 bits per heavy atom. The number of nitro groups is 2. The van der Waals surface area contributed by atoms with Gasteiger partial charge >= 0.3 is 23.7 Å². The molecule has 9 aromatic heterocycles. The Morgan fingerprint density at radius 1 is 0.510 bits per heavy atom. The molecule has 0 bridgehead atoms. The van der Waals surface area contributed by atoms with E-state index in [1.54, 1.807) is 72.8 Å². The van der Waals surface area contributed by atoms with E-state index in [0.29, 0.717) is 70.4 Å². The summed E-state index contributed by atoms with van der Waals surface area (Å²) in [5.74, 6) is -1.98. The fourth-order valence-electron chi connectivity index (χ4n) is 8.69. The van der Waals surface area contributed by atoms with Crippen molar-refractivity contribution in [2.75, 3.05) is 29.5 Å². The van der Waals surface area contributed by atoms with E-state index in [4.69, 9.17) is 30.9 Å². The molecule has 506 valence electrons. The van der Waals surface area contributed by atoms with Gasteiger partial charge in [0.15, 0.2) is 34.5 Å². The zero-order valence-electron chi connectivity index (χ0n) is 50.1. The van der Waals surface area contributed by atoms with Gasteiger partial charge < -0.3 is 40.1 Å². The van der Waals surface area contributed by atoms with Crippen LogP contribution >= 0.6 is 11.6 Å². The third-order valence-electron chi connectivity index (χ3n) is 14.1. The molecular formula is C59H46ClF9N20O9. The molecule has 29 nitrogen and oxygen atoms in total. The number of nitrogens with zero attached hydrogens (tertiary/aromatic N) is 17. The van der Waals surface area contributed by atoms with Crippen LogP contribution in [0.2, 0.25) is 5.15 Å². The lowest BCUT2D eigenvalue weighted by Gasteiger charge is -2.26. The van der Waals surface area contributed by atoms with Crippen LogP contribution in [0.15, 0.2) is 160 Å². The van der Waals surface area contributed by atoms with Crippen LogP contribution in [0.1, 0.15) is 30.5 Å². The van der Waals surface area contributed by atoms with Crippen LogP contribution in [0, 0.1) is 37.7 Å².